The van der Waals surface area contributed by atoms with Crippen LogP contribution in [-0.2, 0) is 4.79 Å². The molecule has 1 aliphatic rings. The molecule has 0 fully saturated rings. The fourth-order valence-corrected chi connectivity index (χ4v) is 1.43. The molecule has 4 heteroatoms. The average molecular weight is 207 g/mol. The predicted octanol–water partition coefficient (Wildman–Crippen LogP) is 1.35. The number of carbonyl (C=O) groups excluding carboxylic acids is 1. The number of hydrogen-bond acceptors (Lipinski definition) is 2. The molecular formula is C11H10FNO2. The van der Waals surface area contributed by atoms with Gasteiger partial charge in [-0.3, -0.25) is 4.79 Å². The molecule has 1 aromatic carbocycles. The van der Waals surface area contributed by atoms with Crippen molar-refractivity contribution < 1.29 is 13.9 Å². The van der Waals surface area contributed by atoms with Crippen LogP contribution in [0.25, 0.3) is 6.08 Å². The number of hydrogen-bond donors (Lipinski definition) is 1. The Labute approximate surface area is 86.6 Å². The van der Waals surface area contributed by atoms with Gasteiger partial charge in [0.1, 0.15) is 18.2 Å². The molecule has 0 aliphatic carbocycles. The van der Waals surface area contributed by atoms with Crippen LogP contribution >= 0.6 is 0 Å². The number of carbonyl (C=O) groups is 1. The van der Waals surface area contributed by atoms with E-state index in [1.165, 1.54) is 12.1 Å². The van der Waals surface area contributed by atoms with Crippen LogP contribution in [0.3, 0.4) is 0 Å². The first-order valence-electron chi connectivity index (χ1n) is 4.55. The lowest BCUT2D eigenvalue weighted by Crippen LogP contribution is -2.25. The van der Waals surface area contributed by atoms with Gasteiger partial charge in [0.15, 0.2) is 0 Å². The Morgan fingerprint density at radius 1 is 1.53 bits per heavy atom. The summed E-state index contributed by atoms with van der Waals surface area (Å²) < 4.78 is 18.1. The van der Waals surface area contributed by atoms with E-state index < -0.39 is 0 Å². The molecule has 1 aliphatic heterocycles. The summed E-state index contributed by atoms with van der Waals surface area (Å²) in [4.78, 5) is 11.3. The number of rotatable bonds is 1. The zero-order chi connectivity index (χ0) is 10.8. The highest BCUT2D eigenvalue weighted by atomic mass is 19.1. The molecule has 0 atom stereocenters. The maximum Gasteiger partial charge on any atom is 0.250 e. The number of halogens is 1. The van der Waals surface area contributed by atoms with Gasteiger partial charge in [0, 0.05) is 18.7 Å². The average Bonchev–Trinajstić information content (AvgIpc) is 2.27. The Morgan fingerprint density at radius 2 is 2.33 bits per heavy atom. The molecular weight excluding hydrogens is 197 g/mol. The lowest BCUT2D eigenvalue weighted by Gasteiger charge is -2.16. The van der Waals surface area contributed by atoms with Crippen LogP contribution in [0.2, 0.25) is 0 Å². The van der Waals surface area contributed by atoms with Crippen LogP contribution in [0.5, 0.6) is 5.75 Å². The van der Waals surface area contributed by atoms with Gasteiger partial charge in [-0.1, -0.05) is 0 Å². The number of nitrogens with one attached hydrogen (secondary N) is 1. The summed E-state index contributed by atoms with van der Waals surface area (Å²) in [5.41, 5.74) is 1.26. The number of fused-ring (bicyclic) bond motifs is 1. The molecule has 3 nitrogen and oxygen atoms in total. The van der Waals surface area contributed by atoms with E-state index in [2.05, 4.69) is 5.32 Å². The molecule has 0 saturated carbocycles. The Bertz CT molecular complexity index is 440. The summed E-state index contributed by atoms with van der Waals surface area (Å²) >= 11 is 0. The van der Waals surface area contributed by atoms with Gasteiger partial charge in [-0.2, -0.15) is 0 Å². The second-order valence-corrected chi connectivity index (χ2v) is 3.22. The summed E-state index contributed by atoms with van der Waals surface area (Å²) in [6.45, 7) is 0.177. The Hall–Kier alpha value is -1.84. The lowest BCUT2D eigenvalue weighted by atomic mass is 10.1. The van der Waals surface area contributed by atoms with Crippen molar-refractivity contribution in [2.45, 2.75) is 0 Å². The number of amides is 1. The van der Waals surface area contributed by atoms with Crippen LogP contribution < -0.4 is 10.1 Å². The lowest BCUT2D eigenvalue weighted by molar-refractivity contribution is -0.117. The third-order valence-electron chi connectivity index (χ3n) is 2.21. The molecule has 2 rings (SSSR count). The monoisotopic (exact) mass is 207 g/mol. The van der Waals surface area contributed by atoms with E-state index in [-0.39, 0.29) is 18.3 Å². The Morgan fingerprint density at radius 3 is 3.07 bits per heavy atom. The van der Waals surface area contributed by atoms with Crippen molar-refractivity contribution in [2.75, 3.05) is 13.7 Å². The summed E-state index contributed by atoms with van der Waals surface area (Å²) in [5.74, 6) is -0.0434. The Balaban J connectivity index is 2.37. The third-order valence-corrected chi connectivity index (χ3v) is 2.21. The maximum absolute atomic E-state index is 12.8. The minimum atomic E-state index is -0.342. The van der Waals surface area contributed by atoms with Crippen LogP contribution in [0.1, 0.15) is 5.56 Å². The van der Waals surface area contributed by atoms with E-state index in [0.29, 0.717) is 11.3 Å². The van der Waals surface area contributed by atoms with Gasteiger partial charge >= 0.3 is 0 Å². The zero-order valence-corrected chi connectivity index (χ0v) is 8.21. The van der Waals surface area contributed by atoms with Crippen LogP contribution in [0.15, 0.2) is 23.8 Å². The zero-order valence-electron chi connectivity index (χ0n) is 8.21. The largest absolute Gasteiger partial charge is 0.488 e. The molecule has 15 heavy (non-hydrogen) atoms. The molecule has 1 aromatic rings. The summed E-state index contributed by atoms with van der Waals surface area (Å²) in [6.07, 6.45) is 1.71. The van der Waals surface area contributed by atoms with E-state index in [1.54, 1.807) is 19.2 Å². The van der Waals surface area contributed by atoms with E-state index in [1.807, 2.05) is 0 Å². The van der Waals surface area contributed by atoms with Crippen molar-refractivity contribution in [1.29, 1.82) is 0 Å². The second kappa shape index (κ2) is 3.73. The van der Waals surface area contributed by atoms with Crippen molar-refractivity contribution in [2.24, 2.45) is 0 Å². The normalized spacial score (nSPS) is 13.6. The van der Waals surface area contributed by atoms with Crippen molar-refractivity contribution in [3.63, 3.8) is 0 Å². The molecule has 0 unspecified atom stereocenters. The first-order valence-corrected chi connectivity index (χ1v) is 4.55. The molecule has 1 heterocycles. The van der Waals surface area contributed by atoms with Crippen LogP contribution in [-0.4, -0.2) is 19.6 Å². The summed E-state index contributed by atoms with van der Waals surface area (Å²) in [5, 5.41) is 2.52. The third kappa shape index (κ3) is 1.83. The van der Waals surface area contributed by atoms with Crippen LogP contribution in [0.4, 0.5) is 4.39 Å². The first-order chi connectivity index (χ1) is 7.20. The molecule has 1 N–H and O–H groups in total. The van der Waals surface area contributed by atoms with Gasteiger partial charge in [-0.05, 0) is 18.2 Å². The summed E-state index contributed by atoms with van der Waals surface area (Å²) in [7, 11) is 1.56. The van der Waals surface area contributed by atoms with Crippen LogP contribution in [0, 0.1) is 5.82 Å². The van der Waals surface area contributed by atoms with E-state index in [4.69, 9.17) is 4.74 Å². The SMILES string of the molecule is CNC(=O)C1=Cc2ccc(F)cc2OC1. The molecule has 0 spiro atoms. The van der Waals surface area contributed by atoms with Crippen molar-refractivity contribution >= 4 is 12.0 Å². The van der Waals surface area contributed by atoms with Gasteiger partial charge in [0.2, 0.25) is 5.91 Å². The minimum Gasteiger partial charge on any atom is -0.488 e. The van der Waals surface area contributed by atoms with Crippen molar-refractivity contribution in [3.8, 4) is 5.75 Å². The minimum absolute atomic E-state index is 0.176. The quantitative estimate of drug-likeness (QED) is 0.754. The van der Waals surface area contributed by atoms with Gasteiger partial charge in [-0.15, -0.1) is 0 Å². The van der Waals surface area contributed by atoms with E-state index >= 15 is 0 Å². The second-order valence-electron chi connectivity index (χ2n) is 3.22. The topological polar surface area (TPSA) is 38.3 Å². The highest BCUT2D eigenvalue weighted by molar-refractivity contribution is 5.98. The molecule has 0 bridgehead atoms. The molecule has 0 aromatic heterocycles. The van der Waals surface area contributed by atoms with Gasteiger partial charge in [-0.25, -0.2) is 4.39 Å². The fourth-order valence-electron chi connectivity index (χ4n) is 1.43. The van der Waals surface area contributed by atoms with Gasteiger partial charge in [0.05, 0.1) is 5.57 Å². The predicted molar refractivity (Wildman–Crippen MR) is 53.9 cm³/mol. The standard InChI is InChI=1S/C11H10FNO2/c1-13-11(14)8-4-7-2-3-9(12)5-10(7)15-6-8/h2-5H,6H2,1H3,(H,13,14). The van der Waals surface area contributed by atoms with Gasteiger partial charge < -0.3 is 10.1 Å². The van der Waals surface area contributed by atoms with E-state index in [0.717, 1.165) is 5.56 Å². The highest BCUT2D eigenvalue weighted by Crippen LogP contribution is 2.26. The fraction of sp³-hybridized carbons (Fsp3) is 0.182. The first kappa shape index (κ1) is 9.71. The Kier molecular flexibility index (Phi) is 2.41. The van der Waals surface area contributed by atoms with E-state index in [9.17, 15) is 9.18 Å². The van der Waals surface area contributed by atoms with Gasteiger partial charge in [0.25, 0.3) is 0 Å². The number of benzene rings is 1. The molecule has 1 amide bonds. The van der Waals surface area contributed by atoms with Crippen molar-refractivity contribution in [1.82, 2.24) is 5.32 Å². The smallest absolute Gasteiger partial charge is 0.250 e. The molecule has 78 valence electrons. The highest BCUT2D eigenvalue weighted by Gasteiger charge is 2.16. The number of ether oxygens (including phenoxy) is 1. The van der Waals surface area contributed by atoms with Crippen molar-refractivity contribution in [3.05, 3.63) is 35.2 Å². The number of likely N-dealkylation sites (N-methyl/N-ethyl adjacent to an activating group) is 1. The molecule has 0 saturated heterocycles. The molecule has 0 radical (unpaired) electrons. The maximum atomic E-state index is 12.8. The summed E-state index contributed by atoms with van der Waals surface area (Å²) in [6, 6.07) is 4.24.